The summed E-state index contributed by atoms with van der Waals surface area (Å²) in [4.78, 5) is 18.1. The molecule has 5 heteroatoms. The number of piperidine rings is 1. The topological polar surface area (TPSA) is 53.4 Å². The lowest BCUT2D eigenvalue weighted by atomic mass is 9.89. The Morgan fingerprint density at radius 3 is 2.63 bits per heavy atom. The minimum atomic E-state index is -0.424. The number of halogens is 1. The number of carbonyl (C=O) groups is 1. The van der Waals surface area contributed by atoms with E-state index in [9.17, 15) is 9.90 Å². The number of amides is 1. The number of hydrogen-bond acceptors (Lipinski definition) is 3. The van der Waals surface area contributed by atoms with E-state index in [1.807, 2.05) is 4.90 Å². The molecule has 102 valence electrons. The summed E-state index contributed by atoms with van der Waals surface area (Å²) in [5.74, 6) is 0.338. The first kappa shape index (κ1) is 12.9. The van der Waals surface area contributed by atoms with E-state index in [0.29, 0.717) is 29.6 Å². The Morgan fingerprint density at radius 2 is 2.05 bits per heavy atom. The maximum Gasteiger partial charge on any atom is 0.255 e. The van der Waals surface area contributed by atoms with Crippen molar-refractivity contribution in [2.24, 2.45) is 5.92 Å². The molecule has 1 N–H and O–H groups in total. The Balaban J connectivity index is 1.63. The average molecular weight is 281 g/mol. The monoisotopic (exact) mass is 280 g/mol. The molecule has 4 nitrogen and oxygen atoms in total. The fraction of sp³-hybridized carbons (Fsp3) is 0.571. The van der Waals surface area contributed by atoms with E-state index >= 15 is 0 Å². The van der Waals surface area contributed by atoms with Crippen molar-refractivity contribution in [2.45, 2.75) is 31.3 Å². The highest BCUT2D eigenvalue weighted by molar-refractivity contribution is 6.30. The Bertz CT molecular complexity index is 494. The van der Waals surface area contributed by atoms with Gasteiger partial charge in [0.2, 0.25) is 0 Å². The molecule has 2 aliphatic rings. The molecule has 1 aliphatic carbocycles. The van der Waals surface area contributed by atoms with Crippen LogP contribution >= 0.6 is 11.6 Å². The van der Waals surface area contributed by atoms with Gasteiger partial charge in [-0.1, -0.05) is 11.6 Å². The van der Waals surface area contributed by atoms with Gasteiger partial charge in [-0.3, -0.25) is 9.78 Å². The van der Waals surface area contributed by atoms with Crippen LogP contribution in [-0.2, 0) is 0 Å². The van der Waals surface area contributed by atoms with Crippen molar-refractivity contribution in [1.29, 1.82) is 0 Å². The molecular weight excluding hydrogens is 264 g/mol. The highest BCUT2D eigenvalue weighted by Crippen LogP contribution is 2.46. The molecule has 1 amide bonds. The van der Waals surface area contributed by atoms with Crippen molar-refractivity contribution in [3.8, 4) is 0 Å². The summed E-state index contributed by atoms with van der Waals surface area (Å²) in [5.41, 5.74) is 0.114. The first-order valence-corrected chi connectivity index (χ1v) is 7.08. The van der Waals surface area contributed by atoms with Crippen LogP contribution in [0.25, 0.3) is 0 Å². The van der Waals surface area contributed by atoms with Crippen LogP contribution in [0.2, 0.25) is 5.02 Å². The zero-order valence-corrected chi connectivity index (χ0v) is 11.4. The normalized spacial score (nSPS) is 22.3. The molecule has 0 bridgehead atoms. The molecule has 2 fully saturated rings. The number of likely N-dealkylation sites (tertiary alicyclic amines) is 1. The van der Waals surface area contributed by atoms with Crippen LogP contribution in [-0.4, -0.2) is 39.6 Å². The van der Waals surface area contributed by atoms with Gasteiger partial charge in [0.1, 0.15) is 0 Å². The van der Waals surface area contributed by atoms with E-state index in [1.165, 1.54) is 6.20 Å². The van der Waals surface area contributed by atoms with Crippen molar-refractivity contribution in [3.05, 3.63) is 29.0 Å². The van der Waals surface area contributed by atoms with E-state index in [-0.39, 0.29) is 5.91 Å². The van der Waals surface area contributed by atoms with Gasteiger partial charge in [-0.2, -0.15) is 0 Å². The first-order valence-electron chi connectivity index (χ1n) is 6.71. The van der Waals surface area contributed by atoms with E-state index in [4.69, 9.17) is 11.6 Å². The number of aliphatic hydroxyl groups is 1. The Morgan fingerprint density at radius 1 is 1.37 bits per heavy atom. The molecular formula is C14H17ClN2O2. The van der Waals surface area contributed by atoms with Gasteiger partial charge in [0.05, 0.1) is 16.2 Å². The van der Waals surface area contributed by atoms with Crippen LogP contribution in [0, 0.1) is 5.92 Å². The minimum absolute atomic E-state index is 0.0174. The molecule has 0 radical (unpaired) electrons. The van der Waals surface area contributed by atoms with Crippen LogP contribution in [0.3, 0.4) is 0 Å². The predicted octanol–water partition coefficient (Wildman–Crippen LogP) is 2.11. The summed E-state index contributed by atoms with van der Waals surface area (Å²) in [6, 6.07) is 1.65. The summed E-state index contributed by atoms with van der Waals surface area (Å²) in [7, 11) is 0. The maximum absolute atomic E-state index is 12.3. The largest absolute Gasteiger partial charge is 0.390 e. The van der Waals surface area contributed by atoms with Gasteiger partial charge in [-0.05, 0) is 37.7 Å². The predicted molar refractivity (Wildman–Crippen MR) is 72.1 cm³/mol. The third-order valence-electron chi connectivity index (χ3n) is 4.26. The lowest BCUT2D eigenvalue weighted by molar-refractivity contribution is 0.0340. The number of carbonyl (C=O) groups excluding carboxylic acids is 1. The molecule has 0 atom stereocenters. The van der Waals surface area contributed by atoms with Gasteiger partial charge in [0, 0.05) is 25.5 Å². The highest BCUT2D eigenvalue weighted by atomic mass is 35.5. The number of nitrogens with zero attached hydrogens (tertiary/aromatic N) is 2. The number of aromatic nitrogens is 1. The maximum atomic E-state index is 12.3. The molecule has 1 aromatic heterocycles. The molecule has 3 rings (SSSR count). The number of rotatable bonds is 2. The highest BCUT2D eigenvalue weighted by Gasteiger charge is 2.48. The van der Waals surface area contributed by atoms with Crippen molar-refractivity contribution in [3.63, 3.8) is 0 Å². The van der Waals surface area contributed by atoms with Gasteiger partial charge < -0.3 is 10.0 Å². The molecule has 2 heterocycles. The fourth-order valence-corrected chi connectivity index (χ4v) is 3.04. The summed E-state index contributed by atoms with van der Waals surface area (Å²) in [6.07, 6.45) is 6.68. The Labute approximate surface area is 117 Å². The van der Waals surface area contributed by atoms with Crippen LogP contribution in [0.4, 0.5) is 0 Å². The second-order valence-corrected chi connectivity index (χ2v) is 6.00. The molecule has 1 aromatic rings. The second kappa shape index (κ2) is 4.76. The van der Waals surface area contributed by atoms with Crippen molar-refractivity contribution in [1.82, 2.24) is 9.88 Å². The third kappa shape index (κ3) is 2.60. The van der Waals surface area contributed by atoms with Crippen molar-refractivity contribution < 1.29 is 9.90 Å². The molecule has 0 aromatic carbocycles. The molecule has 1 saturated carbocycles. The Kier molecular flexibility index (Phi) is 3.23. The van der Waals surface area contributed by atoms with Crippen molar-refractivity contribution >= 4 is 17.5 Å². The van der Waals surface area contributed by atoms with E-state index in [1.54, 1.807) is 12.3 Å². The van der Waals surface area contributed by atoms with Crippen LogP contribution in [0.15, 0.2) is 18.5 Å². The van der Waals surface area contributed by atoms with E-state index in [2.05, 4.69) is 4.98 Å². The van der Waals surface area contributed by atoms with Gasteiger partial charge in [-0.25, -0.2) is 0 Å². The van der Waals surface area contributed by atoms with Crippen molar-refractivity contribution in [2.75, 3.05) is 13.1 Å². The van der Waals surface area contributed by atoms with Crippen LogP contribution in [0.1, 0.15) is 36.0 Å². The van der Waals surface area contributed by atoms with Gasteiger partial charge in [-0.15, -0.1) is 0 Å². The number of hydrogen-bond donors (Lipinski definition) is 1. The smallest absolute Gasteiger partial charge is 0.255 e. The fourth-order valence-electron chi connectivity index (χ4n) is 2.87. The molecule has 1 aliphatic heterocycles. The Hall–Kier alpha value is -1.13. The van der Waals surface area contributed by atoms with Gasteiger partial charge >= 0.3 is 0 Å². The lowest BCUT2D eigenvalue weighted by Gasteiger charge is -2.34. The summed E-state index contributed by atoms with van der Waals surface area (Å²) in [5, 5.41) is 10.6. The zero-order valence-electron chi connectivity index (χ0n) is 10.7. The van der Waals surface area contributed by atoms with Gasteiger partial charge in [0.25, 0.3) is 5.91 Å². The van der Waals surface area contributed by atoms with Crippen LogP contribution < -0.4 is 0 Å². The standard InChI is InChI=1S/C14H17ClN2O2/c15-12-7-10(8-16-9-12)13(18)17-5-1-11(2-6-17)14(19)3-4-14/h7-9,11,19H,1-6H2. The average Bonchev–Trinajstić information content (AvgIpc) is 3.17. The second-order valence-electron chi connectivity index (χ2n) is 5.56. The minimum Gasteiger partial charge on any atom is -0.390 e. The molecule has 19 heavy (non-hydrogen) atoms. The first-order chi connectivity index (χ1) is 9.08. The molecule has 0 unspecified atom stereocenters. The quantitative estimate of drug-likeness (QED) is 0.903. The number of pyridine rings is 1. The lowest BCUT2D eigenvalue weighted by Crippen LogP contribution is -2.41. The van der Waals surface area contributed by atoms with Crippen LogP contribution in [0.5, 0.6) is 0 Å². The van der Waals surface area contributed by atoms with Gasteiger partial charge in [0.15, 0.2) is 0 Å². The SMILES string of the molecule is O=C(c1cncc(Cl)c1)N1CCC(C2(O)CC2)CC1. The summed E-state index contributed by atoms with van der Waals surface area (Å²) >= 11 is 5.85. The van der Waals surface area contributed by atoms with E-state index in [0.717, 1.165) is 25.7 Å². The summed E-state index contributed by atoms with van der Waals surface area (Å²) in [6.45, 7) is 1.41. The zero-order chi connectivity index (χ0) is 13.5. The molecule has 1 saturated heterocycles. The van der Waals surface area contributed by atoms with E-state index < -0.39 is 5.60 Å². The third-order valence-corrected chi connectivity index (χ3v) is 4.46. The molecule has 0 spiro atoms. The summed E-state index contributed by atoms with van der Waals surface area (Å²) < 4.78 is 0.